The van der Waals surface area contributed by atoms with Crippen LogP contribution in [-0.4, -0.2) is 12.3 Å². The molecule has 20 heavy (non-hydrogen) atoms. The lowest BCUT2D eigenvalue weighted by molar-refractivity contribution is -0.121. The molecule has 116 valence electrons. The van der Waals surface area contributed by atoms with Crippen molar-refractivity contribution >= 4 is 5.78 Å². The predicted octanol–water partition coefficient (Wildman–Crippen LogP) is 4.93. The van der Waals surface area contributed by atoms with E-state index in [0.29, 0.717) is 6.42 Å². The number of hydrogen-bond acceptors (Lipinski definition) is 2. The van der Waals surface area contributed by atoms with E-state index < -0.39 is 0 Å². The molecule has 0 fully saturated rings. The lowest BCUT2D eigenvalue weighted by atomic mass is 9.91. The molecular weight excluding hydrogens is 246 g/mol. The number of Topliss-reactive ketones (excluding diaryl/α,β-unsaturated/α-hetero) is 1. The maximum atomic E-state index is 11.7. The number of fused-ring (bicyclic) bond motifs is 1. The standard InChI is InChI=1S/C12H15NO.3C2H6/c1-2-11(14)12-10-6-4-3-5-9(10)7-8-13-12;3*1-2/h3-6,12-13H,2,7-8H2,1H3;3*1-2H3. The molecule has 0 bridgehead atoms. The van der Waals surface area contributed by atoms with Crippen molar-refractivity contribution in [3.63, 3.8) is 0 Å². The molecule has 0 aliphatic carbocycles. The number of carbonyl (C=O) groups is 1. The zero-order valence-electron chi connectivity index (χ0n) is 14.4. The molecule has 0 aromatic heterocycles. The van der Waals surface area contributed by atoms with Crippen molar-refractivity contribution in [3.05, 3.63) is 35.4 Å². The van der Waals surface area contributed by atoms with Crippen LogP contribution >= 0.6 is 0 Å². The van der Waals surface area contributed by atoms with Crippen molar-refractivity contribution in [1.82, 2.24) is 5.32 Å². The minimum absolute atomic E-state index is 0.0649. The van der Waals surface area contributed by atoms with Gasteiger partial charge in [0.05, 0.1) is 6.04 Å². The van der Waals surface area contributed by atoms with Gasteiger partial charge in [-0.25, -0.2) is 0 Å². The quantitative estimate of drug-likeness (QED) is 0.831. The molecule has 2 rings (SSSR count). The molecule has 1 unspecified atom stereocenters. The Bertz CT molecular complexity index is 347. The molecule has 0 spiro atoms. The van der Waals surface area contributed by atoms with Crippen LogP contribution in [0.15, 0.2) is 24.3 Å². The van der Waals surface area contributed by atoms with Crippen molar-refractivity contribution in [2.24, 2.45) is 0 Å². The lowest BCUT2D eigenvalue weighted by Crippen LogP contribution is -2.34. The van der Waals surface area contributed by atoms with Gasteiger partial charge in [-0.1, -0.05) is 72.7 Å². The number of carbonyl (C=O) groups excluding carboxylic acids is 1. The first-order valence-corrected chi connectivity index (χ1v) is 8.17. The molecule has 1 heterocycles. The number of benzene rings is 1. The maximum absolute atomic E-state index is 11.7. The average Bonchev–Trinajstić information content (AvgIpc) is 2.59. The second-order valence-electron chi connectivity index (χ2n) is 3.66. The van der Waals surface area contributed by atoms with Crippen molar-refractivity contribution in [3.8, 4) is 0 Å². The van der Waals surface area contributed by atoms with Gasteiger partial charge in [-0.15, -0.1) is 0 Å². The number of nitrogens with one attached hydrogen (secondary N) is 1. The minimum atomic E-state index is -0.0649. The van der Waals surface area contributed by atoms with Gasteiger partial charge in [0.2, 0.25) is 0 Å². The monoisotopic (exact) mass is 279 g/mol. The smallest absolute Gasteiger partial charge is 0.154 e. The number of rotatable bonds is 2. The summed E-state index contributed by atoms with van der Waals surface area (Å²) in [6.07, 6.45) is 1.63. The lowest BCUT2D eigenvalue weighted by Gasteiger charge is -2.25. The molecule has 1 aromatic carbocycles. The summed E-state index contributed by atoms with van der Waals surface area (Å²) in [6.45, 7) is 14.8. The van der Waals surface area contributed by atoms with E-state index in [2.05, 4.69) is 17.4 Å². The molecule has 2 nitrogen and oxygen atoms in total. The zero-order chi connectivity index (χ0) is 16.0. The zero-order valence-corrected chi connectivity index (χ0v) is 14.4. The summed E-state index contributed by atoms with van der Waals surface area (Å²) in [5.41, 5.74) is 2.49. The van der Waals surface area contributed by atoms with Crippen LogP contribution in [-0.2, 0) is 11.2 Å². The molecule has 1 aliphatic rings. The highest BCUT2D eigenvalue weighted by atomic mass is 16.1. The van der Waals surface area contributed by atoms with Gasteiger partial charge in [0, 0.05) is 13.0 Å². The highest BCUT2D eigenvalue weighted by molar-refractivity contribution is 5.85. The predicted molar refractivity (Wildman–Crippen MR) is 90.2 cm³/mol. The SMILES string of the molecule is CC.CC.CC.CCC(=O)C1NCCc2ccccc21. The van der Waals surface area contributed by atoms with Crippen LogP contribution in [0, 0.1) is 0 Å². The van der Waals surface area contributed by atoms with Gasteiger partial charge in [-0.05, 0) is 17.5 Å². The van der Waals surface area contributed by atoms with Gasteiger partial charge in [0.25, 0.3) is 0 Å². The Labute approximate surface area is 126 Å². The van der Waals surface area contributed by atoms with E-state index in [9.17, 15) is 4.79 Å². The Morgan fingerprint density at radius 2 is 1.65 bits per heavy atom. The molecule has 2 heteroatoms. The molecule has 0 radical (unpaired) electrons. The highest BCUT2D eigenvalue weighted by Gasteiger charge is 2.23. The van der Waals surface area contributed by atoms with Crippen LogP contribution in [0.25, 0.3) is 0 Å². The van der Waals surface area contributed by atoms with E-state index >= 15 is 0 Å². The first-order chi connectivity index (χ1) is 9.83. The second-order valence-corrected chi connectivity index (χ2v) is 3.66. The van der Waals surface area contributed by atoms with Gasteiger partial charge in [0.1, 0.15) is 0 Å². The summed E-state index contributed by atoms with van der Waals surface area (Å²) < 4.78 is 0. The third kappa shape index (κ3) is 6.33. The largest absolute Gasteiger partial charge is 0.303 e. The van der Waals surface area contributed by atoms with E-state index in [0.717, 1.165) is 13.0 Å². The summed E-state index contributed by atoms with van der Waals surface area (Å²) >= 11 is 0. The van der Waals surface area contributed by atoms with Crippen LogP contribution in [0.4, 0.5) is 0 Å². The number of ketones is 1. The van der Waals surface area contributed by atoms with Crippen LogP contribution in [0.5, 0.6) is 0 Å². The summed E-state index contributed by atoms with van der Waals surface area (Å²) in [4.78, 5) is 11.7. The Morgan fingerprint density at radius 3 is 2.20 bits per heavy atom. The third-order valence-electron chi connectivity index (χ3n) is 2.78. The van der Waals surface area contributed by atoms with Crippen LogP contribution in [0.3, 0.4) is 0 Å². The van der Waals surface area contributed by atoms with Gasteiger partial charge >= 0.3 is 0 Å². The fourth-order valence-corrected chi connectivity index (χ4v) is 2.00. The van der Waals surface area contributed by atoms with Crippen molar-refractivity contribution in [1.29, 1.82) is 0 Å². The molecule has 1 aliphatic heterocycles. The van der Waals surface area contributed by atoms with Gasteiger partial charge < -0.3 is 5.32 Å². The minimum Gasteiger partial charge on any atom is -0.303 e. The molecule has 0 amide bonds. The third-order valence-corrected chi connectivity index (χ3v) is 2.78. The summed E-state index contributed by atoms with van der Waals surface area (Å²) in [5, 5.41) is 3.28. The second kappa shape index (κ2) is 14.3. The van der Waals surface area contributed by atoms with E-state index in [4.69, 9.17) is 0 Å². The topological polar surface area (TPSA) is 29.1 Å². The van der Waals surface area contributed by atoms with E-state index in [1.54, 1.807) is 0 Å². The Kier molecular flexibility index (Phi) is 15.1. The van der Waals surface area contributed by atoms with Gasteiger partial charge in [0.15, 0.2) is 5.78 Å². The van der Waals surface area contributed by atoms with E-state index in [-0.39, 0.29) is 11.8 Å². The van der Waals surface area contributed by atoms with Gasteiger partial charge in [-0.3, -0.25) is 4.79 Å². The van der Waals surface area contributed by atoms with Crippen LogP contribution in [0.2, 0.25) is 0 Å². The highest BCUT2D eigenvalue weighted by Crippen LogP contribution is 2.23. The van der Waals surface area contributed by atoms with Crippen molar-refractivity contribution in [2.45, 2.75) is 67.3 Å². The summed E-state index contributed by atoms with van der Waals surface area (Å²) in [6, 6.07) is 8.15. The average molecular weight is 279 g/mol. The Morgan fingerprint density at radius 1 is 1.10 bits per heavy atom. The fraction of sp³-hybridized carbons (Fsp3) is 0.611. The molecule has 1 N–H and O–H groups in total. The fourth-order valence-electron chi connectivity index (χ4n) is 2.00. The molecule has 0 saturated heterocycles. The van der Waals surface area contributed by atoms with E-state index in [1.807, 2.05) is 60.6 Å². The Hall–Kier alpha value is -1.15. The first-order valence-electron chi connectivity index (χ1n) is 8.17. The van der Waals surface area contributed by atoms with Crippen molar-refractivity contribution in [2.75, 3.05) is 6.54 Å². The van der Waals surface area contributed by atoms with Gasteiger partial charge in [-0.2, -0.15) is 0 Å². The molecule has 1 atom stereocenters. The summed E-state index contributed by atoms with van der Waals surface area (Å²) in [7, 11) is 0. The molecular formula is C18H33NO. The molecule has 0 saturated carbocycles. The molecule has 1 aromatic rings. The van der Waals surface area contributed by atoms with Crippen LogP contribution < -0.4 is 5.32 Å². The Balaban J connectivity index is 0. The van der Waals surface area contributed by atoms with E-state index in [1.165, 1.54) is 11.1 Å². The first kappa shape index (κ1) is 21.2. The van der Waals surface area contributed by atoms with Crippen molar-refractivity contribution < 1.29 is 4.79 Å². The normalized spacial score (nSPS) is 15.1. The van der Waals surface area contributed by atoms with Crippen LogP contribution in [0.1, 0.15) is 72.1 Å². The number of hydrogen-bond donors (Lipinski definition) is 1. The maximum Gasteiger partial charge on any atom is 0.154 e. The summed E-state index contributed by atoms with van der Waals surface area (Å²) in [5.74, 6) is 0.289.